The van der Waals surface area contributed by atoms with Gasteiger partial charge in [0.15, 0.2) is 0 Å². The van der Waals surface area contributed by atoms with Crippen molar-refractivity contribution in [2.75, 3.05) is 18.1 Å². The average Bonchev–Trinajstić information content (AvgIpc) is 2.91. The van der Waals surface area contributed by atoms with Crippen LogP contribution in [0.3, 0.4) is 0 Å². The molecule has 0 saturated carbocycles. The predicted molar refractivity (Wildman–Crippen MR) is 79.6 cm³/mol. The third-order valence-corrected chi connectivity index (χ3v) is 5.74. The quantitative estimate of drug-likeness (QED) is 0.828. The second-order valence-electron chi connectivity index (χ2n) is 4.54. The van der Waals surface area contributed by atoms with Crippen LogP contribution in [0.25, 0.3) is 0 Å². The Hall–Kier alpha value is -0.760. The summed E-state index contributed by atoms with van der Waals surface area (Å²) in [5.74, 6) is 2.31. The first-order chi connectivity index (χ1) is 9.56. The first kappa shape index (κ1) is 15.6. The van der Waals surface area contributed by atoms with E-state index in [1.165, 1.54) is 12.1 Å². The molecule has 1 fully saturated rings. The number of benzene rings is 1. The summed E-state index contributed by atoms with van der Waals surface area (Å²) >= 11 is 1.75. The van der Waals surface area contributed by atoms with Crippen molar-refractivity contribution in [2.45, 2.75) is 30.9 Å². The number of nitrogens with one attached hydrogen (secondary N) is 1. The number of hydrogen-bond acceptors (Lipinski definition) is 5. The Morgan fingerprint density at radius 2 is 2.30 bits per heavy atom. The zero-order valence-corrected chi connectivity index (χ0v) is 13.0. The van der Waals surface area contributed by atoms with Gasteiger partial charge in [-0.3, -0.25) is 0 Å². The lowest BCUT2D eigenvalue weighted by atomic mass is 10.2. The van der Waals surface area contributed by atoms with Gasteiger partial charge in [-0.1, -0.05) is 0 Å². The molecule has 1 aliphatic rings. The van der Waals surface area contributed by atoms with Gasteiger partial charge in [0.05, 0.1) is 18.1 Å². The van der Waals surface area contributed by atoms with E-state index in [0.29, 0.717) is 17.9 Å². The van der Waals surface area contributed by atoms with Crippen LogP contribution in [-0.4, -0.2) is 37.7 Å². The Morgan fingerprint density at radius 3 is 2.90 bits per heavy atom. The second-order valence-corrected chi connectivity index (χ2v) is 7.41. The monoisotopic (exact) mass is 317 g/mol. The van der Waals surface area contributed by atoms with Gasteiger partial charge in [0, 0.05) is 17.4 Å². The highest BCUT2D eigenvalue weighted by molar-refractivity contribution is 7.99. The first-order valence-electron chi connectivity index (χ1n) is 6.53. The smallest absolute Gasteiger partial charge is 0.240 e. The number of hydrogen-bond donors (Lipinski definition) is 2. The molecule has 112 valence electrons. The normalized spacial score (nSPS) is 19.2. The van der Waals surface area contributed by atoms with E-state index < -0.39 is 10.0 Å². The van der Waals surface area contributed by atoms with E-state index in [4.69, 9.17) is 4.74 Å². The minimum absolute atomic E-state index is 0.00542. The van der Waals surface area contributed by atoms with E-state index in [0.717, 1.165) is 17.9 Å². The lowest BCUT2D eigenvalue weighted by Crippen LogP contribution is -2.34. The van der Waals surface area contributed by atoms with Crippen LogP contribution >= 0.6 is 11.8 Å². The minimum Gasteiger partial charge on any atom is -0.494 e. The summed E-state index contributed by atoms with van der Waals surface area (Å²) < 4.78 is 32.6. The lowest BCUT2D eigenvalue weighted by Gasteiger charge is -2.14. The van der Waals surface area contributed by atoms with E-state index in [2.05, 4.69) is 4.72 Å². The Morgan fingerprint density at radius 1 is 1.50 bits per heavy atom. The molecule has 20 heavy (non-hydrogen) atoms. The van der Waals surface area contributed by atoms with Crippen LogP contribution in [-0.2, 0) is 16.6 Å². The SMILES string of the molecule is CCOc1ccc(S(=O)(=O)NC2CCSC2)cc1CO. The summed E-state index contributed by atoms with van der Waals surface area (Å²) in [5.41, 5.74) is 0.482. The van der Waals surface area contributed by atoms with Gasteiger partial charge in [0.25, 0.3) is 0 Å². The molecule has 1 aromatic rings. The summed E-state index contributed by atoms with van der Waals surface area (Å²) in [6.07, 6.45) is 0.855. The van der Waals surface area contributed by atoms with E-state index >= 15 is 0 Å². The molecule has 1 aromatic carbocycles. The van der Waals surface area contributed by atoms with Crippen molar-refractivity contribution in [1.82, 2.24) is 4.72 Å². The Kier molecular flexibility index (Phi) is 5.31. The van der Waals surface area contributed by atoms with Crippen LogP contribution < -0.4 is 9.46 Å². The van der Waals surface area contributed by atoms with E-state index in [1.54, 1.807) is 17.8 Å². The van der Waals surface area contributed by atoms with Crippen molar-refractivity contribution >= 4 is 21.8 Å². The molecule has 0 aliphatic carbocycles. The molecule has 1 heterocycles. The minimum atomic E-state index is -3.54. The van der Waals surface area contributed by atoms with Crippen LogP contribution in [0.4, 0.5) is 0 Å². The molecule has 0 aromatic heterocycles. The topological polar surface area (TPSA) is 75.6 Å². The van der Waals surface area contributed by atoms with Gasteiger partial charge in [-0.05, 0) is 37.3 Å². The molecule has 2 rings (SSSR count). The van der Waals surface area contributed by atoms with Crippen LogP contribution in [0.2, 0.25) is 0 Å². The zero-order chi connectivity index (χ0) is 14.6. The highest BCUT2D eigenvalue weighted by Crippen LogP contribution is 2.24. The summed E-state index contributed by atoms with van der Waals surface area (Å²) in [5, 5.41) is 9.32. The maximum Gasteiger partial charge on any atom is 0.240 e. The second kappa shape index (κ2) is 6.80. The molecule has 7 heteroatoms. The number of thioether (sulfide) groups is 1. The fourth-order valence-electron chi connectivity index (χ4n) is 2.06. The predicted octanol–water partition coefficient (Wildman–Crippen LogP) is 1.36. The molecule has 2 N–H and O–H groups in total. The van der Waals surface area contributed by atoms with Gasteiger partial charge < -0.3 is 9.84 Å². The van der Waals surface area contributed by atoms with Gasteiger partial charge in [-0.25, -0.2) is 13.1 Å². The van der Waals surface area contributed by atoms with Gasteiger partial charge in [-0.2, -0.15) is 11.8 Å². The molecule has 1 unspecified atom stereocenters. The van der Waals surface area contributed by atoms with E-state index in [1.807, 2.05) is 6.92 Å². The van der Waals surface area contributed by atoms with Gasteiger partial charge >= 0.3 is 0 Å². The number of aliphatic hydroxyl groups is 1. The van der Waals surface area contributed by atoms with Crippen LogP contribution in [0.1, 0.15) is 18.9 Å². The number of ether oxygens (including phenoxy) is 1. The summed E-state index contributed by atoms with van der Waals surface area (Å²) in [6.45, 7) is 2.06. The van der Waals surface area contributed by atoms with Gasteiger partial charge in [0.2, 0.25) is 10.0 Å². The molecule has 0 amide bonds. The first-order valence-corrected chi connectivity index (χ1v) is 9.17. The molecular formula is C13H19NO4S2. The fraction of sp³-hybridized carbons (Fsp3) is 0.538. The van der Waals surface area contributed by atoms with Crippen LogP contribution in [0.5, 0.6) is 5.75 Å². The third kappa shape index (κ3) is 3.66. The lowest BCUT2D eigenvalue weighted by molar-refractivity contribution is 0.266. The van der Waals surface area contributed by atoms with E-state index in [9.17, 15) is 13.5 Å². The average molecular weight is 317 g/mol. The van der Waals surface area contributed by atoms with Crippen molar-refractivity contribution in [3.8, 4) is 5.75 Å². The van der Waals surface area contributed by atoms with Crippen LogP contribution in [0, 0.1) is 0 Å². The molecular weight excluding hydrogens is 298 g/mol. The molecule has 1 atom stereocenters. The third-order valence-electron chi connectivity index (χ3n) is 3.06. The van der Waals surface area contributed by atoms with Crippen molar-refractivity contribution in [1.29, 1.82) is 0 Å². The molecule has 1 aliphatic heterocycles. The van der Waals surface area contributed by atoms with E-state index in [-0.39, 0.29) is 17.5 Å². The van der Waals surface area contributed by atoms with Crippen molar-refractivity contribution in [3.63, 3.8) is 0 Å². The van der Waals surface area contributed by atoms with Gasteiger partial charge in [-0.15, -0.1) is 0 Å². The summed E-state index contributed by atoms with van der Waals surface area (Å²) in [6, 6.07) is 4.56. The number of sulfonamides is 1. The van der Waals surface area contributed by atoms with Crippen molar-refractivity contribution < 1.29 is 18.3 Å². The standard InChI is InChI=1S/C13H19NO4S2/c1-2-18-13-4-3-12(7-10(13)8-15)20(16,17)14-11-5-6-19-9-11/h3-4,7,11,14-15H,2,5-6,8-9H2,1H3. The maximum absolute atomic E-state index is 12.3. The Labute approximate surface area is 123 Å². The molecule has 0 radical (unpaired) electrons. The Bertz CT molecular complexity index is 553. The number of aliphatic hydroxyl groups excluding tert-OH is 1. The summed E-state index contributed by atoms with van der Waals surface area (Å²) in [4.78, 5) is 0.168. The van der Waals surface area contributed by atoms with Crippen molar-refractivity contribution in [2.24, 2.45) is 0 Å². The molecule has 0 spiro atoms. The molecule has 0 bridgehead atoms. The van der Waals surface area contributed by atoms with Crippen LogP contribution in [0.15, 0.2) is 23.1 Å². The Balaban J connectivity index is 2.22. The largest absolute Gasteiger partial charge is 0.494 e. The molecule has 1 saturated heterocycles. The van der Waals surface area contributed by atoms with Crippen molar-refractivity contribution in [3.05, 3.63) is 23.8 Å². The summed E-state index contributed by atoms with van der Waals surface area (Å²) in [7, 11) is -3.54. The fourth-order valence-corrected chi connectivity index (χ4v) is 4.64. The van der Waals surface area contributed by atoms with Gasteiger partial charge in [0.1, 0.15) is 5.75 Å². The molecule has 5 nitrogen and oxygen atoms in total. The highest BCUT2D eigenvalue weighted by atomic mass is 32.2. The number of rotatable bonds is 6. The highest BCUT2D eigenvalue weighted by Gasteiger charge is 2.23. The zero-order valence-electron chi connectivity index (χ0n) is 11.3. The maximum atomic E-state index is 12.3.